The number of nitrogens with one attached hydrogen (secondary N) is 2. The van der Waals surface area contributed by atoms with Crippen molar-refractivity contribution in [1.29, 1.82) is 0 Å². The third-order valence-corrected chi connectivity index (χ3v) is 3.73. The highest BCUT2D eigenvalue weighted by molar-refractivity contribution is 14.0. The Balaban J connectivity index is 0.00000208. The van der Waals surface area contributed by atoms with E-state index in [9.17, 15) is 0 Å². The number of benzene rings is 1. The number of aliphatic imine (C=N–C) groups is 1. The Morgan fingerprint density at radius 1 is 1.04 bits per heavy atom. The quantitative estimate of drug-likeness (QED) is 0.375. The van der Waals surface area contributed by atoms with Crippen LogP contribution < -0.4 is 10.6 Å². The zero-order chi connectivity index (χ0) is 16.1. The first kappa shape index (κ1) is 18.2. The van der Waals surface area contributed by atoms with Crippen molar-refractivity contribution in [3.05, 3.63) is 65.6 Å². The molecule has 3 rings (SSSR count). The van der Waals surface area contributed by atoms with Gasteiger partial charge in [0.25, 0.3) is 0 Å². The molecule has 0 unspecified atom stereocenters. The minimum atomic E-state index is 0. The monoisotopic (exact) mass is 436 g/mol. The summed E-state index contributed by atoms with van der Waals surface area (Å²) in [4.78, 5) is 4.25. The molecule has 0 saturated carbocycles. The van der Waals surface area contributed by atoms with Crippen LogP contribution in [-0.4, -0.2) is 27.6 Å². The lowest BCUT2D eigenvalue weighted by molar-refractivity contribution is 0.761. The van der Waals surface area contributed by atoms with Crippen molar-refractivity contribution in [1.82, 2.24) is 25.2 Å². The molecule has 2 aromatic heterocycles. The molecule has 0 aliphatic rings. The lowest BCUT2D eigenvalue weighted by Crippen LogP contribution is -2.36. The van der Waals surface area contributed by atoms with E-state index in [1.165, 1.54) is 11.1 Å². The molecule has 1 aromatic carbocycles. The molecule has 0 saturated heterocycles. The third kappa shape index (κ3) is 4.22. The summed E-state index contributed by atoms with van der Waals surface area (Å²) in [5.41, 5.74) is 3.36. The summed E-state index contributed by atoms with van der Waals surface area (Å²) in [7, 11) is 1.76. The summed E-state index contributed by atoms with van der Waals surface area (Å²) in [5.74, 6) is 1.58. The molecule has 0 aliphatic carbocycles. The van der Waals surface area contributed by atoms with Crippen molar-refractivity contribution in [2.24, 2.45) is 4.99 Å². The van der Waals surface area contributed by atoms with Gasteiger partial charge in [0.05, 0.1) is 6.54 Å². The van der Waals surface area contributed by atoms with Crippen LogP contribution in [0.2, 0.25) is 0 Å². The average Bonchev–Trinajstić information content (AvgIpc) is 3.00. The molecule has 7 heteroatoms. The van der Waals surface area contributed by atoms with Crippen LogP contribution in [0.1, 0.15) is 17.0 Å². The molecule has 24 heavy (non-hydrogen) atoms. The molecule has 0 bridgehead atoms. The topological polar surface area (TPSA) is 66.6 Å². The van der Waals surface area contributed by atoms with E-state index < -0.39 is 0 Å². The van der Waals surface area contributed by atoms with Gasteiger partial charge in [-0.05, 0) is 30.2 Å². The number of halogens is 1. The first-order valence-electron chi connectivity index (χ1n) is 7.55. The maximum Gasteiger partial charge on any atom is 0.191 e. The second-order valence-electron chi connectivity index (χ2n) is 5.25. The second-order valence-corrected chi connectivity index (χ2v) is 5.25. The molecule has 0 spiro atoms. The third-order valence-electron chi connectivity index (χ3n) is 3.73. The Hall–Kier alpha value is -2.16. The van der Waals surface area contributed by atoms with E-state index in [1.807, 2.05) is 40.9 Å². The largest absolute Gasteiger partial charge is 0.352 e. The number of hydrogen-bond acceptors (Lipinski definition) is 3. The molecule has 2 heterocycles. The van der Waals surface area contributed by atoms with Crippen LogP contribution in [0.3, 0.4) is 0 Å². The van der Waals surface area contributed by atoms with Gasteiger partial charge < -0.3 is 10.6 Å². The Morgan fingerprint density at radius 3 is 2.58 bits per heavy atom. The van der Waals surface area contributed by atoms with Gasteiger partial charge in [0.15, 0.2) is 17.4 Å². The minimum Gasteiger partial charge on any atom is -0.352 e. The first-order chi connectivity index (χ1) is 11.3. The standard InChI is InChI=1S/C17H20N6.HI/c1-13-7-3-4-8-14(13)11-19-17(18-2)20-12-16-22-21-15-9-5-6-10-23(15)16;/h3-10H,11-12H2,1-2H3,(H2,18,19,20);1H. The van der Waals surface area contributed by atoms with Gasteiger partial charge in [-0.15, -0.1) is 34.2 Å². The van der Waals surface area contributed by atoms with Gasteiger partial charge >= 0.3 is 0 Å². The SMILES string of the molecule is CN=C(NCc1ccccc1C)NCc1nnc2ccccn12.I. The maximum absolute atomic E-state index is 4.25. The fourth-order valence-electron chi connectivity index (χ4n) is 2.38. The Kier molecular flexibility index (Phi) is 6.53. The fraction of sp³-hybridized carbons (Fsp3) is 0.235. The smallest absolute Gasteiger partial charge is 0.191 e. The van der Waals surface area contributed by atoms with Crippen LogP contribution in [-0.2, 0) is 13.1 Å². The molecule has 0 radical (unpaired) electrons. The number of rotatable bonds is 4. The van der Waals surface area contributed by atoms with Crippen molar-refractivity contribution >= 4 is 35.6 Å². The molecule has 3 aromatic rings. The number of aromatic nitrogens is 3. The van der Waals surface area contributed by atoms with Gasteiger partial charge in [0.2, 0.25) is 0 Å². The summed E-state index contributed by atoms with van der Waals surface area (Å²) < 4.78 is 1.96. The Bertz CT molecular complexity index is 827. The van der Waals surface area contributed by atoms with E-state index in [0.717, 1.165) is 24.0 Å². The number of aryl methyl sites for hydroxylation is 1. The number of nitrogens with zero attached hydrogens (tertiary/aromatic N) is 4. The highest BCUT2D eigenvalue weighted by Gasteiger charge is 2.06. The van der Waals surface area contributed by atoms with Crippen molar-refractivity contribution in [3.63, 3.8) is 0 Å². The van der Waals surface area contributed by atoms with Crippen LogP contribution in [0.4, 0.5) is 0 Å². The zero-order valence-corrected chi connectivity index (χ0v) is 16.1. The van der Waals surface area contributed by atoms with Crippen LogP contribution in [0.15, 0.2) is 53.7 Å². The van der Waals surface area contributed by atoms with Gasteiger partial charge in [-0.25, -0.2) is 0 Å². The molecule has 2 N–H and O–H groups in total. The summed E-state index contributed by atoms with van der Waals surface area (Å²) in [6.45, 7) is 3.39. The number of fused-ring (bicyclic) bond motifs is 1. The Morgan fingerprint density at radius 2 is 1.79 bits per heavy atom. The van der Waals surface area contributed by atoms with Gasteiger partial charge in [-0.3, -0.25) is 9.39 Å². The van der Waals surface area contributed by atoms with E-state index in [4.69, 9.17) is 0 Å². The lowest BCUT2D eigenvalue weighted by atomic mass is 10.1. The van der Waals surface area contributed by atoms with E-state index >= 15 is 0 Å². The van der Waals surface area contributed by atoms with Crippen LogP contribution >= 0.6 is 24.0 Å². The molecule has 0 atom stereocenters. The predicted molar refractivity (Wildman–Crippen MR) is 107 cm³/mol. The summed E-state index contributed by atoms with van der Waals surface area (Å²) in [6.07, 6.45) is 1.95. The van der Waals surface area contributed by atoms with Crippen molar-refractivity contribution in [2.45, 2.75) is 20.0 Å². The molecular formula is C17H21IN6. The number of hydrogen-bond donors (Lipinski definition) is 2. The molecule has 126 valence electrons. The van der Waals surface area contributed by atoms with E-state index in [-0.39, 0.29) is 24.0 Å². The van der Waals surface area contributed by atoms with Gasteiger partial charge in [-0.1, -0.05) is 30.3 Å². The van der Waals surface area contributed by atoms with Crippen molar-refractivity contribution < 1.29 is 0 Å². The highest BCUT2D eigenvalue weighted by atomic mass is 127. The van der Waals surface area contributed by atoms with Crippen LogP contribution in [0.5, 0.6) is 0 Å². The molecule has 0 amide bonds. The number of guanidine groups is 1. The van der Waals surface area contributed by atoms with Crippen LogP contribution in [0, 0.1) is 6.92 Å². The average molecular weight is 436 g/mol. The summed E-state index contributed by atoms with van der Waals surface area (Å²) in [6, 6.07) is 14.2. The zero-order valence-electron chi connectivity index (χ0n) is 13.7. The van der Waals surface area contributed by atoms with E-state index in [1.54, 1.807) is 7.05 Å². The van der Waals surface area contributed by atoms with E-state index in [0.29, 0.717) is 6.54 Å². The highest BCUT2D eigenvalue weighted by Crippen LogP contribution is 2.06. The van der Waals surface area contributed by atoms with Crippen molar-refractivity contribution in [2.75, 3.05) is 7.05 Å². The predicted octanol–water partition coefficient (Wildman–Crippen LogP) is 2.52. The molecule has 0 fully saturated rings. The normalized spacial score (nSPS) is 11.2. The first-order valence-corrected chi connectivity index (χ1v) is 7.55. The fourth-order valence-corrected chi connectivity index (χ4v) is 2.38. The molecule has 0 aliphatic heterocycles. The second kappa shape index (κ2) is 8.62. The number of pyridine rings is 1. The Labute approximate surface area is 158 Å². The molecule has 6 nitrogen and oxygen atoms in total. The van der Waals surface area contributed by atoms with Gasteiger partial charge in [0.1, 0.15) is 0 Å². The van der Waals surface area contributed by atoms with Crippen molar-refractivity contribution in [3.8, 4) is 0 Å². The minimum absolute atomic E-state index is 0. The lowest BCUT2D eigenvalue weighted by Gasteiger charge is -2.12. The van der Waals surface area contributed by atoms with Crippen LogP contribution in [0.25, 0.3) is 5.65 Å². The van der Waals surface area contributed by atoms with Gasteiger partial charge in [0, 0.05) is 19.8 Å². The summed E-state index contributed by atoms with van der Waals surface area (Å²) in [5, 5.41) is 14.9. The van der Waals surface area contributed by atoms with Gasteiger partial charge in [-0.2, -0.15) is 0 Å². The molecular weight excluding hydrogens is 415 g/mol. The summed E-state index contributed by atoms with van der Waals surface area (Å²) >= 11 is 0. The van der Waals surface area contributed by atoms with E-state index in [2.05, 4.69) is 44.9 Å². The maximum atomic E-state index is 4.25.